The zero-order valence-electron chi connectivity index (χ0n) is 12.2. The standard InChI is InChI=1S/C14H28N2O3/c1-12(10-15-2)14(17)16-6-3-7-19-11-13-4-8-18-9-5-13/h12-13,15H,3-11H2,1-2H3,(H,16,17). The molecular formula is C14H28N2O3. The van der Waals surface area contributed by atoms with Gasteiger partial charge < -0.3 is 20.1 Å². The Labute approximate surface area is 116 Å². The van der Waals surface area contributed by atoms with Crippen LogP contribution in [0, 0.1) is 11.8 Å². The molecule has 0 aromatic rings. The van der Waals surface area contributed by atoms with Crippen molar-refractivity contribution in [1.82, 2.24) is 10.6 Å². The highest BCUT2D eigenvalue weighted by Gasteiger charge is 2.13. The van der Waals surface area contributed by atoms with E-state index in [0.29, 0.717) is 19.0 Å². The molecule has 1 unspecified atom stereocenters. The summed E-state index contributed by atoms with van der Waals surface area (Å²) in [6, 6.07) is 0. The average Bonchev–Trinajstić information content (AvgIpc) is 2.43. The van der Waals surface area contributed by atoms with Crippen molar-refractivity contribution in [3.8, 4) is 0 Å². The van der Waals surface area contributed by atoms with E-state index in [9.17, 15) is 4.79 Å². The lowest BCUT2D eigenvalue weighted by Gasteiger charge is -2.21. The Morgan fingerprint density at radius 1 is 1.42 bits per heavy atom. The van der Waals surface area contributed by atoms with Crippen molar-refractivity contribution < 1.29 is 14.3 Å². The van der Waals surface area contributed by atoms with Gasteiger partial charge in [0.15, 0.2) is 0 Å². The van der Waals surface area contributed by atoms with E-state index in [1.54, 1.807) is 0 Å². The topological polar surface area (TPSA) is 59.6 Å². The van der Waals surface area contributed by atoms with Crippen LogP contribution in [0.1, 0.15) is 26.2 Å². The van der Waals surface area contributed by atoms with E-state index in [4.69, 9.17) is 9.47 Å². The minimum atomic E-state index is 0.0214. The molecule has 1 aliphatic heterocycles. The summed E-state index contributed by atoms with van der Waals surface area (Å²) in [5, 5.41) is 5.93. The molecular weight excluding hydrogens is 244 g/mol. The van der Waals surface area contributed by atoms with Gasteiger partial charge >= 0.3 is 0 Å². The van der Waals surface area contributed by atoms with Gasteiger partial charge in [-0.15, -0.1) is 0 Å². The van der Waals surface area contributed by atoms with Gasteiger partial charge in [-0.05, 0) is 32.2 Å². The van der Waals surface area contributed by atoms with Crippen molar-refractivity contribution in [3.63, 3.8) is 0 Å². The van der Waals surface area contributed by atoms with Crippen LogP contribution in [0.5, 0.6) is 0 Å². The number of carbonyl (C=O) groups excluding carboxylic acids is 1. The number of amides is 1. The lowest BCUT2D eigenvalue weighted by atomic mass is 10.0. The van der Waals surface area contributed by atoms with Crippen LogP contribution in [0.25, 0.3) is 0 Å². The summed E-state index contributed by atoms with van der Waals surface area (Å²) >= 11 is 0. The van der Waals surface area contributed by atoms with Gasteiger partial charge in [0.05, 0.1) is 0 Å². The number of carbonyl (C=O) groups is 1. The number of hydrogen-bond acceptors (Lipinski definition) is 4. The van der Waals surface area contributed by atoms with Gasteiger partial charge in [0.2, 0.25) is 5.91 Å². The Balaban J connectivity index is 1.91. The molecule has 2 N–H and O–H groups in total. The summed E-state index contributed by atoms with van der Waals surface area (Å²) in [7, 11) is 1.86. The van der Waals surface area contributed by atoms with Gasteiger partial charge in [0.25, 0.3) is 0 Å². The molecule has 0 aromatic carbocycles. The summed E-state index contributed by atoms with van der Waals surface area (Å²) in [5.41, 5.74) is 0. The maximum absolute atomic E-state index is 11.6. The predicted molar refractivity (Wildman–Crippen MR) is 75.1 cm³/mol. The van der Waals surface area contributed by atoms with Gasteiger partial charge in [-0.3, -0.25) is 4.79 Å². The number of rotatable bonds is 9. The molecule has 112 valence electrons. The van der Waals surface area contributed by atoms with Gasteiger partial charge in [0, 0.05) is 45.4 Å². The molecule has 1 fully saturated rings. The lowest BCUT2D eigenvalue weighted by Crippen LogP contribution is -2.35. The predicted octanol–water partition coefficient (Wildman–Crippen LogP) is 0.791. The summed E-state index contributed by atoms with van der Waals surface area (Å²) in [4.78, 5) is 11.6. The summed E-state index contributed by atoms with van der Waals surface area (Å²) in [5.74, 6) is 0.783. The molecule has 0 radical (unpaired) electrons. The molecule has 0 aliphatic carbocycles. The normalized spacial score (nSPS) is 18.2. The van der Waals surface area contributed by atoms with Crippen molar-refractivity contribution in [1.29, 1.82) is 0 Å². The second-order valence-electron chi connectivity index (χ2n) is 5.23. The summed E-state index contributed by atoms with van der Waals surface area (Å²) < 4.78 is 10.9. The third kappa shape index (κ3) is 7.50. The molecule has 5 heteroatoms. The number of nitrogens with one attached hydrogen (secondary N) is 2. The van der Waals surface area contributed by atoms with E-state index >= 15 is 0 Å². The summed E-state index contributed by atoms with van der Waals surface area (Å²) in [6.07, 6.45) is 3.10. The van der Waals surface area contributed by atoms with E-state index in [1.807, 2.05) is 14.0 Å². The van der Waals surface area contributed by atoms with Crippen LogP contribution in [0.4, 0.5) is 0 Å². The van der Waals surface area contributed by atoms with Crippen molar-refractivity contribution in [2.45, 2.75) is 26.2 Å². The minimum absolute atomic E-state index is 0.0214. The quantitative estimate of drug-likeness (QED) is 0.609. The molecule has 1 atom stereocenters. The van der Waals surface area contributed by atoms with Crippen molar-refractivity contribution in [2.75, 3.05) is 46.6 Å². The molecule has 0 saturated carbocycles. The van der Waals surface area contributed by atoms with E-state index in [2.05, 4.69) is 10.6 Å². The maximum Gasteiger partial charge on any atom is 0.224 e. The fourth-order valence-electron chi connectivity index (χ4n) is 2.12. The number of ether oxygens (including phenoxy) is 2. The van der Waals surface area contributed by atoms with Crippen LogP contribution in [-0.2, 0) is 14.3 Å². The first-order valence-electron chi connectivity index (χ1n) is 7.31. The molecule has 1 rings (SSSR count). The highest BCUT2D eigenvalue weighted by molar-refractivity contribution is 5.78. The lowest BCUT2D eigenvalue weighted by molar-refractivity contribution is -0.124. The zero-order valence-corrected chi connectivity index (χ0v) is 12.2. The number of hydrogen-bond donors (Lipinski definition) is 2. The second kappa shape index (κ2) is 10.2. The van der Waals surface area contributed by atoms with Crippen LogP contribution in [0.2, 0.25) is 0 Å². The van der Waals surface area contributed by atoms with Gasteiger partial charge in [-0.1, -0.05) is 6.92 Å². The Morgan fingerprint density at radius 2 is 2.16 bits per heavy atom. The fraction of sp³-hybridized carbons (Fsp3) is 0.929. The summed E-state index contributed by atoms with van der Waals surface area (Å²) in [6.45, 7) is 6.62. The van der Waals surface area contributed by atoms with Gasteiger partial charge in [-0.2, -0.15) is 0 Å². The first-order valence-corrected chi connectivity index (χ1v) is 7.31. The first-order chi connectivity index (χ1) is 9.24. The molecule has 0 bridgehead atoms. The SMILES string of the molecule is CNCC(C)C(=O)NCCCOCC1CCOCC1. The van der Waals surface area contributed by atoms with E-state index in [-0.39, 0.29) is 11.8 Å². The Hall–Kier alpha value is -0.650. The molecule has 1 heterocycles. The molecule has 5 nitrogen and oxygen atoms in total. The smallest absolute Gasteiger partial charge is 0.224 e. The molecule has 0 spiro atoms. The first kappa shape index (κ1) is 16.4. The molecule has 1 amide bonds. The average molecular weight is 272 g/mol. The van der Waals surface area contributed by atoms with Crippen molar-refractivity contribution in [2.24, 2.45) is 11.8 Å². The fourth-order valence-corrected chi connectivity index (χ4v) is 2.12. The van der Waals surface area contributed by atoms with Crippen LogP contribution in [-0.4, -0.2) is 52.5 Å². The van der Waals surface area contributed by atoms with E-state index in [0.717, 1.165) is 45.7 Å². The third-order valence-corrected chi connectivity index (χ3v) is 3.42. The van der Waals surface area contributed by atoms with Crippen molar-refractivity contribution in [3.05, 3.63) is 0 Å². The molecule has 19 heavy (non-hydrogen) atoms. The zero-order chi connectivity index (χ0) is 13.9. The van der Waals surface area contributed by atoms with E-state index < -0.39 is 0 Å². The van der Waals surface area contributed by atoms with Crippen LogP contribution >= 0.6 is 0 Å². The maximum atomic E-state index is 11.6. The van der Waals surface area contributed by atoms with Gasteiger partial charge in [-0.25, -0.2) is 0 Å². The van der Waals surface area contributed by atoms with Gasteiger partial charge in [0.1, 0.15) is 0 Å². The van der Waals surface area contributed by atoms with Crippen LogP contribution in [0.15, 0.2) is 0 Å². The largest absolute Gasteiger partial charge is 0.381 e. The monoisotopic (exact) mass is 272 g/mol. The molecule has 0 aromatic heterocycles. The van der Waals surface area contributed by atoms with Crippen LogP contribution < -0.4 is 10.6 Å². The highest BCUT2D eigenvalue weighted by Crippen LogP contribution is 2.14. The minimum Gasteiger partial charge on any atom is -0.381 e. The van der Waals surface area contributed by atoms with Crippen molar-refractivity contribution >= 4 is 5.91 Å². The van der Waals surface area contributed by atoms with Crippen LogP contribution in [0.3, 0.4) is 0 Å². The molecule has 1 saturated heterocycles. The Bertz CT molecular complexity index is 243. The second-order valence-corrected chi connectivity index (χ2v) is 5.23. The molecule has 1 aliphatic rings. The van der Waals surface area contributed by atoms with E-state index in [1.165, 1.54) is 0 Å². The Morgan fingerprint density at radius 3 is 2.84 bits per heavy atom. The highest BCUT2D eigenvalue weighted by atomic mass is 16.5. The third-order valence-electron chi connectivity index (χ3n) is 3.42. The Kier molecular flexibility index (Phi) is 8.79.